The molecule has 1 aliphatic rings. The molecule has 0 bridgehead atoms. The van der Waals surface area contributed by atoms with E-state index < -0.39 is 31.5 Å². The molecule has 1 atom stereocenters. The molecule has 4 nitrogen and oxygen atoms in total. The smallest absolute Gasteiger partial charge is 0.267 e. The van der Waals surface area contributed by atoms with E-state index in [4.69, 9.17) is 21.4 Å². The van der Waals surface area contributed by atoms with E-state index in [1.807, 2.05) is 0 Å². The molecule has 0 spiro atoms. The number of aliphatic hydroxyl groups excluding tert-OH is 1. The molecule has 122 valence electrons. The zero-order valence-corrected chi connectivity index (χ0v) is 12.7. The number of alkyl halides is 2. The second kappa shape index (κ2) is 7.24. The first-order valence-corrected chi connectivity index (χ1v) is 7.45. The van der Waals surface area contributed by atoms with E-state index in [1.54, 1.807) is 24.3 Å². The third kappa shape index (κ3) is 4.55. The van der Waals surface area contributed by atoms with Crippen molar-refractivity contribution in [3.8, 4) is 5.75 Å². The van der Waals surface area contributed by atoms with Crippen LogP contribution in [0.15, 0.2) is 24.3 Å². The van der Waals surface area contributed by atoms with Gasteiger partial charge in [-0.05, 0) is 30.7 Å². The Morgan fingerprint density at radius 1 is 1.41 bits per heavy atom. The van der Waals surface area contributed by atoms with Gasteiger partial charge < -0.3 is 14.7 Å². The van der Waals surface area contributed by atoms with Gasteiger partial charge in [-0.2, -0.15) is 0 Å². The summed E-state index contributed by atoms with van der Waals surface area (Å²) in [5, 5.41) is 9.70. The number of likely N-dealkylation sites (tertiary alicyclic amines) is 1. The second-order valence-electron chi connectivity index (χ2n) is 5.32. The molecular weight excluding hydrogens is 316 g/mol. The molecule has 1 saturated heterocycles. The number of rotatable bonds is 6. The number of ether oxygens (including phenoxy) is 1. The summed E-state index contributed by atoms with van der Waals surface area (Å²) in [4.78, 5) is 13.0. The molecule has 2 rings (SSSR count). The Balaban J connectivity index is 1.74. The van der Waals surface area contributed by atoms with Gasteiger partial charge in [-0.25, -0.2) is 8.78 Å². The fourth-order valence-electron chi connectivity index (χ4n) is 2.44. The summed E-state index contributed by atoms with van der Waals surface area (Å²) in [5.41, 5.74) is 0. The number of benzene rings is 1. The summed E-state index contributed by atoms with van der Waals surface area (Å²) >= 11 is 5.75. The highest BCUT2D eigenvalue weighted by atomic mass is 35.5. The molecule has 1 N–H and O–H groups in total. The third-order valence-electron chi connectivity index (χ3n) is 3.53. The van der Waals surface area contributed by atoms with Crippen LogP contribution in [0.2, 0.25) is 5.02 Å². The van der Waals surface area contributed by atoms with Crippen LogP contribution in [0.5, 0.6) is 5.75 Å². The maximum atomic E-state index is 13.3. The number of hydrogen-bond acceptors (Lipinski definition) is 3. The summed E-state index contributed by atoms with van der Waals surface area (Å²) in [5.74, 6) is -2.66. The lowest BCUT2D eigenvalue weighted by molar-refractivity contribution is -0.134. The SMILES string of the molecule is O=C(CCCOc1ccc(Cl)cc1)N1CC(F)(F)CC1CO. The maximum absolute atomic E-state index is 13.3. The third-order valence-corrected chi connectivity index (χ3v) is 3.78. The number of carbonyl (C=O) groups is 1. The van der Waals surface area contributed by atoms with Gasteiger partial charge in [0.2, 0.25) is 5.91 Å². The first-order valence-electron chi connectivity index (χ1n) is 7.08. The number of carbonyl (C=O) groups excluding carboxylic acids is 1. The van der Waals surface area contributed by atoms with E-state index in [9.17, 15) is 13.6 Å². The molecule has 0 aromatic heterocycles. The minimum atomic E-state index is -2.91. The number of hydrogen-bond donors (Lipinski definition) is 1. The van der Waals surface area contributed by atoms with Crippen LogP contribution in [0.3, 0.4) is 0 Å². The van der Waals surface area contributed by atoms with Crippen molar-refractivity contribution in [3.63, 3.8) is 0 Å². The van der Waals surface area contributed by atoms with E-state index in [0.29, 0.717) is 23.8 Å². The Morgan fingerprint density at radius 2 is 2.09 bits per heavy atom. The van der Waals surface area contributed by atoms with Gasteiger partial charge in [0.15, 0.2) is 0 Å². The Labute approximate surface area is 132 Å². The van der Waals surface area contributed by atoms with Gasteiger partial charge in [-0.15, -0.1) is 0 Å². The van der Waals surface area contributed by atoms with Gasteiger partial charge in [0, 0.05) is 17.9 Å². The first-order chi connectivity index (χ1) is 10.4. The highest BCUT2D eigenvalue weighted by Gasteiger charge is 2.46. The minimum Gasteiger partial charge on any atom is -0.494 e. The van der Waals surface area contributed by atoms with Crippen LogP contribution in [0.25, 0.3) is 0 Å². The molecular formula is C15H18ClF2NO3. The minimum absolute atomic E-state index is 0.111. The van der Waals surface area contributed by atoms with Crippen molar-refractivity contribution in [2.75, 3.05) is 19.8 Å². The average molecular weight is 334 g/mol. The second-order valence-corrected chi connectivity index (χ2v) is 5.76. The number of aliphatic hydroxyl groups is 1. The fraction of sp³-hybridized carbons (Fsp3) is 0.533. The maximum Gasteiger partial charge on any atom is 0.267 e. The molecule has 0 saturated carbocycles. The Morgan fingerprint density at radius 3 is 2.73 bits per heavy atom. The highest BCUT2D eigenvalue weighted by Crippen LogP contribution is 2.32. The molecule has 1 unspecified atom stereocenters. The fourth-order valence-corrected chi connectivity index (χ4v) is 2.57. The van der Waals surface area contributed by atoms with E-state index in [2.05, 4.69) is 0 Å². The predicted octanol–water partition coefficient (Wildman–Crippen LogP) is 2.73. The lowest BCUT2D eigenvalue weighted by atomic mass is 10.2. The average Bonchev–Trinajstić information content (AvgIpc) is 2.80. The van der Waals surface area contributed by atoms with E-state index in [0.717, 1.165) is 4.90 Å². The van der Waals surface area contributed by atoms with Crippen molar-refractivity contribution < 1.29 is 23.4 Å². The van der Waals surface area contributed by atoms with Crippen molar-refractivity contribution in [1.82, 2.24) is 4.90 Å². The Bertz CT molecular complexity index is 510. The zero-order valence-electron chi connectivity index (χ0n) is 12.0. The van der Waals surface area contributed by atoms with Crippen LogP contribution in [0, 0.1) is 0 Å². The first kappa shape index (κ1) is 17.0. The van der Waals surface area contributed by atoms with Crippen molar-refractivity contribution in [2.45, 2.75) is 31.2 Å². The molecule has 22 heavy (non-hydrogen) atoms. The van der Waals surface area contributed by atoms with Gasteiger partial charge in [0.1, 0.15) is 5.75 Å². The summed E-state index contributed by atoms with van der Waals surface area (Å²) < 4.78 is 32.0. The Hall–Kier alpha value is -1.40. The predicted molar refractivity (Wildman–Crippen MR) is 78.3 cm³/mol. The summed E-state index contributed by atoms with van der Waals surface area (Å²) in [6.45, 7) is -0.751. The van der Waals surface area contributed by atoms with Gasteiger partial charge in [0.05, 0.1) is 25.8 Å². The van der Waals surface area contributed by atoms with E-state index in [1.165, 1.54) is 0 Å². The van der Waals surface area contributed by atoms with Crippen LogP contribution >= 0.6 is 11.6 Å². The summed E-state index contributed by atoms with van der Waals surface area (Å²) in [7, 11) is 0. The topological polar surface area (TPSA) is 49.8 Å². The van der Waals surface area contributed by atoms with Crippen LogP contribution in [-0.2, 0) is 4.79 Å². The standard InChI is InChI=1S/C15H18ClF2NO3/c16-11-3-5-13(6-4-11)22-7-1-2-14(21)19-10-15(17,18)8-12(19)9-20/h3-6,12,20H,1-2,7-10H2. The highest BCUT2D eigenvalue weighted by molar-refractivity contribution is 6.30. The molecule has 1 heterocycles. The summed E-state index contributed by atoms with van der Waals surface area (Å²) in [6.07, 6.45) is 0.0539. The zero-order chi connectivity index (χ0) is 16.2. The van der Waals surface area contributed by atoms with Crippen LogP contribution in [0.1, 0.15) is 19.3 Å². The number of halogens is 3. The van der Waals surface area contributed by atoms with Gasteiger partial charge >= 0.3 is 0 Å². The lowest BCUT2D eigenvalue weighted by Crippen LogP contribution is -2.38. The van der Waals surface area contributed by atoms with Crippen molar-refractivity contribution in [3.05, 3.63) is 29.3 Å². The monoisotopic (exact) mass is 333 g/mol. The molecule has 1 aromatic rings. The van der Waals surface area contributed by atoms with Crippen LogP contribution in [-0.4, -0.2) is 47.6 Å². The van der Waals surface area contributed by atoms with Crippen LogP contribution in [0.4, 0.5) is 8.78 Å². The van der Waals surface area contributed by atoms with Gasteiger partial charge in [-0.3, -0.25) is 4.79 Å². The quantitative estimate of drug-likeness (QED) is 0.814. The lowest BCUT2D eigenvalue weighted by Gasteiger charge is -2.22. The molecule has 0 radical (unpaired) electrons. The Kier molecular flexibility index (Phi) is 5.58. The van der Waals surface area contributed by atoms with E-state index >= 15 is 0 Å². The van der Waals surface area contributed by atoms with Crippen molar-refractivity contribution >= 4 is 17.5 Å². The van der Waals surface area contributed by atoms with Crippen molar-refractivity contribution in [1.29, 1.82) is 0 Å². The van der Waals surface area contributed by atoms with Crippen LogP contribution < -0.4 is 4.74 Å². The van der Waals surface area contributed by atoms with E-state index in [-0.39, 0.29) is 12.3 Å². The van der Waals surface area contributed by atoms with Crippen molar-refractivity contribution in [2.24, 2.45) is 0 Å². The molecule has 1 aromatic carbocycles. The molecule has 0 aliphatic carbocycles. The molecule has 1 fully saturated rings. The summed E-state index contributed by atoms with van der Waals surface area (Å²) in [6, 6.07) is 6.03. The van der Waals surface area contributed by atoms with Gasteiger partial charge in [0.25, 0.3) is 5.92 Å². The largest absolute Gasteiger partial charge is 0.494 e. The molecule has 1 amide bonds. The molecule has 7 heteroatoms. The number of nitrogens with zero attached hydrogens (tertiary/aromatic N) is 1. The normalized spacial score (nSPS) is 20.2. The number of amides is 1. The van der Waals surface area contributed by atoms with Gasteiger partial charge in [-0.1, -0.05) is 11.6 Å². The molecule has 1 aliphatic heterocycles.